The van der Waals surface area contributed by atoms with E-state index in [0.29, 0.717) is 0 Å². The van der Waals surface area contributed by atoms with E-state index in [4.69, 9.17) is 0 Å². The number of rotatable bonds is 0. The SMILES string of the molecule is O=C1C=CC=CC1=O. The molecule has 1 aliphatic rings. The van der Waals surface area contributed by atoms with Crippen LogP contribution < -0.4 is 0 Å². The maximum atomic E-state index is 10.3. The van der Waals surface area contributed by atoms with Crippen molar-refractivity contribution in [3.8, 4) is 0 Å². The number of carbonyl (C=O) groups is 2. The highest BCUT2D eigenvalue weighted by molar-refractivity contribution is 6.46. The molecule has 2 nitrogen and oxygen atoms in total. The predicted molar refractivity (Wildman–Crippen MR) is 28.3 cm³/mol. The van der Waals surface area contributed by atoms with Crippen LogP contribution in [0.3, 0.4) is 0 Å². The van der Waals surface area contributed by atoms with E-state index in [1.54, 1.807) is 12.2 Å². The van der Waals surface area contributed by atoms with Crippen LogP contribution in [0.1, 0.15) is 0 Å². The largest absolute Gasteiger partial charge is 0.286 e. The molecule has 0 heterocycles. The van der Waals surface area contributed by atoms with Crippen molar-refractivity contribution in [2.45, 2.75) is 0 Å². The molecule has 0 aromatic heterocycles. The third-order valence-electron chi connectivity index (χ3n) is 0.849. The highest BCUT2D eigenvalue weighted by Crippen LogP contribution is 1.90. The summed E-state index contributed by atoms with van der Waals surface area (Å²) >= 11 is 0. The zero-order valence-corrected chi connectivity index (χ0v) is 4.13. The van der Waals surface area contributed by atoms with Crippen LogP contribution in [-0.4, -0.2) is 11.6 Å². The summed E-state index contributed by atoms with van der Waals surface area (Å²) in [5.41, 5.74) is 0. The molecular weight excluding hydrogens is 104 g/mol. The van der Waals surface area contributed by atoms with Crippen LogP contribution in [0.2, 0.25) is 0 Å². The van der Waals surface area contributed by atoms with Gasteiger partial charge in [0, 0.05) is 0 Å². The average Bonchev–Trinajstić information content (AvgIpc) is 1.77. The lowest BCUT2D eigenvalue weighted by atomic mass is 10.1. The summed E-state index contributed by atoms with van der Waals surface area (Å²) in [5.74, 6) is -0.875. The quantitative estimate of drug-likeness (QED) is 0.329. The van der Waals surface area contributed by atoms with Crippen molar-refractivity contribution in [3.63, 3.8) is 0 Å². The van der Waals surface area contributed by atoms with Gasteiger partial charge in [0.05, 0.1) is 0 Å². The van der Waals surface area contributed by atoms with Crippen molar-refractivity contribution in [2.24, 2.45) is 0 Å². The highest BCUT2D eigenvalue weighted by atomic mass is 16.2. The Kier molecular flexibility index (Phi) is 1.08. The lowest BCUT2D eigenvalue weighted by Crippen LogP contribution is -2.08. The summed E-state index contributed by atoms with van der Waals surface area (Å²) in [6, 6.07) is 0. The lowest BCUT2D eigenvalue weighted by Gasteiger charge is -1.88. The molecule has 0 N–H and O–H groups in total. The van der Waals surface area contributed by atoms with Crippen molar-refractivity contribution < 1.29 is 9.59 Å². The zero-order valence-electron chi connectivity index (χ0n) is 4.13. The molecule has 0 bridgehead atoms. The van der Waals surface area contributed by atoms with Gasteiger partial charge in [-0.1, -0.05) is 12.2 Å². The first-order valence-electron chi connectivity index (χ1n) is 2.24. The van der Waals surface area contributed by atoms with Crippen molar-refractivity contribution in [1.82, 2.24) is 0 Å². The molecule has 0 aliphatic heterocycles. The Labute approximate surface area is 46.5 Å². The Morgan fingerprint density at radius 1 is 0.875 bits per heavy atom. The fourth-order valence-corrected chi connectivity index (χ4v) is 0.450. The fraction of sp³-hybridized carbons (Fsp3) is 0. The Morgan fingerprint density at radius 3 is 1.50 bits per heavy atom. The minimum atomic E-state index is -0.437. The average molecular weight is 108 g/mol. The maximum Gasteiger partial charge on any atom is 0.225 e. The second-order valence-electron chi connectivity index (χ2n) is 1.45. The van der Waals surface area contributed by atoms with Gasteiger partial charge in [-0.25, -0.2) is 0 Å². The van der Waals surface area contributed by atoms with Crippen LogP contribution in [0.15, 0.2) is 24.3 Å². The summed E-state index contributed by atoms with van der Waals surface area (Å²) in [7, 11) is 0. The van der Waals surface area contributed by atoms with Gasteiger partial charge >= 0.3 is 0 Å². The van der Waals surface area contributed by atoms with Crippen molar-refractivity contribution >= 4 is 11.6 Å². The van der Waals surface area contributed by atoms with Crippen LogP contribution in [0, 0.1) is 0 Å². The summed E-state index contributed by atoms with van der Waals surface area (Å²) < 4.78 is 0. The second kappa shape index (κ2) is 1.74. The van der Waals surface area contributed by atoms with E-state index in [2.05, 4.69) is 0 Å². The molecule has 0 unspecified atom stereocenters. The van der Waals surface area contributed by atoms with Crippen LogP contribution in [0.5, 0.6) is 0 Å². The molecule has 0 aromatic rings. The van der Waals surface area contributed by atoms with E-state index >= 15 is 0 Å². The molecule has 0 fully saturated rings. The molecule has 40 valence electrons. The van der Waals surface area contributed by atoms with Gasteiger partial charge in [0.1, 0.15) is 0 Å². The van der Waals surface area contributed by atoms with Crippen LogP contribution in [0.25, 0.3) is 0 Å². The van der Waals surface area contributed by atoms with E-state index in [-0.39, 0.29) is 0 Å². The first kappa shape index (κ1) is 4.97. The topological polar surface area (TPSA) is 34.1 Å². The summed E-state index contributed by atoms with van der Waals surface area (Å²) in [4.78, 5) is 20.6. The number of carbonyl (C=O) groups excluding carboxylic acids is 2. The first-order valence-corrected chi connectivity index (χ1v) is 2.24. The second-order valence-corrected chi connectivity index (χ2v) is 1.45. The van der Waals surface area contributed by atoms with Crippen LogP contribution >= 0.6 is 0 Å². The molecule has 0 atom stereocenters. The molecule has 0 spiro atoms. The Morgan fingerprint density at radius 2 is 1.25 bits per heavy atom. The summed E-state index contributed by atoms with van der Waals surface area (Å²) in [6.45, 7) is 0. The fourth-order valence-electron chi connectivity index (χ4n) is 0.450. The van der Waals surface area contributed by atoms with E-state index in [1.165, 1.54) is 12.2 Å². The van der Waals surface area contributed by atoms with Gasteiger partial charge in [0.15, 0.2) is 0 Å². The number of hydrogen-bond donors (Lipinski definition) is 0. The van der Waals surface area contributed by atoms with Crippen LogP contribution in [-0.2, 0) is 9.59 Å². The van der Waals surface area contributed by atoms with Gasteiger partial charge in [0.25, 0.3) is 0 Å². The van der Waals surface area contributed by atoms with Crippen molar-refractivity contribution in [3.05, 3.63) is 24.3 Å². The smallest absolute Gasteiger partial charge is 0.225 e. The normalized spacial score (nSPS) is 17.5. The van der Waals surface area contributed by atoms with Gasteiger partial charge in [0.2, 0.25) is 11.6 Å². The van der Waals surface area contributed by atoms with Crippen LogP contribution in [0.4, 0.5) is 0 Å². The Hall–Kier alpha value is -1.18. The first-order chi connectivity index (χ1) is 3.80. The van der Waals surface area contributed by atoms with Gasteiger partial charge in [-0.3, -0.25) is 9.59 Å². The molecule has 0 saturated heterocycles. The third-order valence-corrected chi connectivity index (χ3v) is 0.849. The molecule has 0 saturated carbocycles. The van der Waals surface area contributed by atoms with E-state index in [1.807, 2.05) is 0 Å². The number of ketones is 2. The van der Waals surface area contributed by atoms with E-state index in [0.717, 1.165) is 0 Å². The van der Waals surface area contributed by atoms with Gasteiger partial charge < -0.3 is 0 Å². The summed E-state index contributed by atoms with van der Waals surface area (Å²) in [6.07, 6.45) is 5.60. The van der Waals surface area contributed by atoms with E-state index in [9.17, 15) is 9.59 Å². The highest BCUT2D eigenvalue weighted by Gasteiger charge is 2.06. The Balaban J connectivity index is 2.89. The molecule has 1 rings (SSSR count). The molecule has 0 amide bonds. The van der Waals surface area contributed by atoms with Crippen molar-refractivity contribution in [1.29, 1.82) is 0 Å². The van der Waals surface area contributed by atoms with E-state index < -0.39 is 11.6 Å². The third kappa shape index (κ3) is 0.729. The zero-order chi connectivity index (χ0) is 5.98. The number of hydrogen-bond acceptors (Lipinski definition) is 2. The number of allylic oxidation sites excluding steroid dienone is 4. The van der Waals surface area contributed by atoms with Gasteiger partial charge in [-0.15, -0.1) is 0 Å². The molecule has 8 heavy (non-hydrogen) atoms. The minimum Gasteiger partial charge on any atom is -0.286 e. The minimum absolute atomic E-state index is 0.437. The summed E-state index contributed by atoms with van der Waals surface area (Å²) in [5, 5.41) is 0. The predicted octanol–water partition coefficient (Wildman–Crippen LogP) is 0.251. The molecule has 0 aromatic carbocycles. The standard InChI is InChI=1S/C6H4O2/c7-5-3-1-2-4-6(5)8/h1-4H. The monoisotopic (exact) mass is 108 g/mol. The van der Waals surface area contributed by atoms with Gasteiger partial charge in [-0.05, 0) is 12.2 Å². The molecule has 2 heteroatoms. The maximum absolute atomic E-state index is 10.3. The molecular formula is C6H4O2. The van der Waals surface area contributed by atoms with Gasteiger partial charge in [-0.2, -0.15) is 0 Å². The van der Waals surface area contributed by atoms with Crippen molar-refractivity contribution in [2.75, 3.05) is 0 Å². The Bertz CT molecular complexity index is 165. The molecule has 1 aliphatic carbocycles. The molecule has 0 radical (unpaired) electrons. The lowest BCUT2D eigenvalue weighted by molar-refractivity contribution is -0.131.